The third-order valence-electron chi connectivity index (χ3n) is 1.37. The fourth-order valence-electron chi connectivity index (χ4n) is 0.799. The lowest BCUT2D eigenvalue weighted by Crippen LogP contribution is -2.36. The molecule has 1 rings (SSSR count). The van der Waals surface area contributed by atoms with Gasteiger partial charge in [-0.2, -0.15) is 0 Å². The van der Waals surface area contributed by atoms with Crippen LogP contribution in [0.2, 0.25) is 0 Å². The summed E-state index contributed by atoms with van der Waals surface area (Å²) in [5.74, 6) is -0.446. The van der Waals surface area contributed by atoms with E-state index >= 15 is 0 Å². The van der Waals surface area contributed by atoms with Crippen LogP contribution in [0, 0.1) is 0 Å². The summed E-state index contributed by atoms with van der Waals surface area (Å²) in [6.07, 6.45) is 0. The first-order valence-electron chi connectivity index (χ1n) is 3.55. The summed E-state index contributed by atoms with van der Waals surface area (Å²) in [5.41, 5.74) is 5.70. The molecule has 3 N–H and O–H groups in total. The number of carbonyl (C=O) groups is 1. The van der Waals surface area contributed by atoms with Gasteiger partial charge in [-0.15, -0.1) is 4.51 Å². The Labute approximate surface area is 80.5 Å². The SMILES string of the molecule is NC(=NCl)NC(=O)c1ccccc1. The molecular formula is C8H8ClN3O. The van der Waals surface area contributed by atoms with Gasteiger partial charge in [-0.1, -0.05) is 18.2 Å². The molecule has 0 aliphatic rings. The molecule has 0 aliphatic heterocycles. The molecule has 0 radical (unpaired) electrons. The molecule has 0 saturated heterocycles. The number of hydrogen-bond donors (Lipinski definition) is 2. The molecule has 1 aromatic carbocycles. The molecule has 0 heterocycles. The molecule has 5 heteroatoms. The van der Waals surface area contributed by atoms with E-state index in [9.17, 15) is 4.79 Å². The lowest BCUT2D eigenvalue weighted by molar-refractivity contribution is 0.0977. The Morgan fingerprint density at radius 3 is 2.54 bits per heavy atom. The summed E-state index contributed by atoms with van der Waals surface area (Å²) in [7, 11) is 0. The van der Waals surface area contributed by atoms with Crippen LogP contribution in [0.3, 0.4) is 0 Å². The number of guanidine groups is 1. The number of nitrogens with two attached hydrogens (primary N) is 1. The molecule has 68 valence electrons. The van der Waals surface area contributed by atoms with Gasteiger partial charge >= 0.3 is 0 Å². The van der Waals surface area contributed by atoms with Gasteiger partial charge in [-0.05, 0) is 12.1 Å². The zero-order valence-electron chi connectivity index (χ0n) is 6.70. The Morgan fingerprint density at radius 1 is 1.38 bits per heavy atom. The van der Waals surface area contributed by atoms with Gasteiger partial charge in [0.2, 0.25) is 5.96 Å². The van der Waals surface area contributed by atoms with Crippen LogP contribution in [0.1, 0.15) is 10.4 Å². The quantitative estimate of drug-likeness (QED) is 0.519. The summed E-state index contributed by atoms with van der Waals surface area (Å²) >= 11 is 5.03. The third kappa shape index (κ3) is 2.76. The van der Waals surface area contributed by atoms with Crippen molar-refractivity contribution in [1.82, 2.24) is 5.32 Å². The van der Waals surface area contributed by atoms with Crippen molar-refractivity contribution in [2.45, 2.75) is 0 Å². The molecule has 1 amide bonds. The van der Waals surface area contributed by atoms with Crippen molar-refractivity contribution < 1.29 is 4.79 Å². The predicted octanol–water partition coefficient (Wildman–Crippen LogP) is 0.885. The monoisotopic (exact) mass is 197 g/mol. The smallest absolute Gasteiger partial charge is 0.257 e. The molecule has 0 spiro atoms. The summed E-state index contributed by atoms with van der Waals surface area (Å²) < 4.78 is 3.09. The zero-order valence-corrected chi connectivity index (χ0v) is 7.45. The van der Waals surface area contributed by atoms with Gasteiger partial charge in [0, 0.05) is 17.3 Å². The minimum Gasteiger partial charge on any atom is -0.369 e. The van der Waals surface area contributed by atoms with Crippen molar-refractivity contribution in [3.05, 3.63) is 35.9 Å². The van der Waals surface area contributed by atoms with Crippen molar-refractivity contribution >= 4 is 23.6 Å². The summed E-state index contributed by atoms with van der Waals surface area (Å²) in [6.45, 7) is 0. The van der Waals surface area contributed by atoms with E-state index in [0.29, 0.717) is 5.56 Å². The van der Waals surface area contributed by atoms with E-state index in [0.717, 1.165) is 0 Å². The van der Waals surface area contributed by atoms with Gasteiger partial charge < -0.3 is 5.73 Å². The molecule has 0 saturated carbocycles. The lowest BCUT2D eigenvalue weighted by Gasteiger charge is -2.01. The first-order valence-corrected chi connectivity index (χ1v) is 3.88. The highest BCUT2D eigenvalue weighted by molar-refractivity contribution is 6.21. The lowest BCUT2D eigenvalue weighted by atomic mass is 10.2. The first kappa shape index (κ1) is 9.54. The minimum atomic E-state index is -0.331. The largest absolute Gasteiger partial charge is 0.369 e. The van der Waals surface area contributed by atoms with E-state index in [-0.39, 0.29) is 11.9 Å². The van der Waals surface area contributed by atoms with Crippen molar-refractivity contribution in [2.75, 3.05) is 0 Å². The van der Waals surface area contributed by atoms with Crippen LogP contribution in [0.15, 0.2) is 34.8 Å². The molecule has 0 aromatic heterocycles. The highest BCUT2D eigenvalue weighted by Crippen LogP contribution is 1.97. The molecule has 0 aliphatic carbocycles. The maximum Gasteiger partial charge on any atom is 0.257 e. The van der Waals surface area contributed by atoms with Crippen LogP contribution in [-0.4, -0.2) is 11.9 Å². The van der Waals surface area contributed by atoms with E-state index in [1.807, 2.05) is 6.07 Å². The number of amides is 1. The molecule has 0 bridgehead atoms. The second-order valence-corrected chi connectivity index (χ2v) is 2.46. The maximum absolute atomic E-state index is 11.3. The van der Waals surface area contributed by atoms with Gasteiger partial charge in [0.1, 0.15) is 0 Å². The van der Waals surface area contributed by atoms with Crippen molar-refractivity contribution in [2.24, 2.45) is 10.2 Å². The highest BCUT2D eigenvalue weighted by Gasteiger charge is 2.04. The Morgan fingerprint density at radius 2 is 2.00 bits per heavy atom. The van der Waals surface area contributed by atoms with Crippen LogP contribution in [-0.2, 0) is 0 Å². The van der Waals surface area contributed by atoms with E-state index < -0.39 is 0 Å². The summed E-state index contributed by atoms with van der Waals surface area (Å²) in [4.78, 5) is 11.3. The molecule has 1 aromatic rings. The van der Waals surface area contributed by atoms with E-state index in [2.05, 4.69) is 9.83 Å². The Kier molecular flexibility index (Phi) is 3.28. The van der Waals surface area contributed by atoms with Crippen LogP contribution in [0.5, 0.6) is 0 Å². The first-order chi connectivity index (χ1) is 6.24. The van der Waals surface area contributed by atoms with Crippen LogP contribution >= 0.6 is 11.8 Å². The molecular weight excluding hydrogens is 190 g/mol. The van der Waals surface area contributed by atoms with E-state index in [1.165, 1.54) is 0 Å². The van der Waals surface area contributed by atoms with Crippen molar-refractivity contribution in [3.8, 4) is 0 Å². The number of benzene rings is 1. The second kappa shape index (κ2) is 4.47. The molecule has 0 unspecified atom stereocenters. The normalized spacial score (nSPS) is 11.0. The maximum atomic E-state index is 11.3. The van der Waals surface area contributed by atoms with Gasteiger partial charge in [-0.25, -0.2) is 0 Å². The number of hydrogen-bond acceptors (Lipinski definition) is 2. The average molecular weight is 198 g/mol. The van der Waals surface area contributed by atoms with Crippen LogP contribution in [0.25, 0.3) is 0 Å². The van der Waals surface area contributed by atoms with Gasteiger partial charge in [0.15, 0.2) is 0 Å². The molecule has 0 atom stereocenters. The fraction of sp³-hybridized carbons (Fsp3) is 0. The number of nitrogens with zero attached hydrogens (tertiary/aromatic N) is 1. The second-order valence-electron chi connectivity index (χ2n) is 2.29. The van der Waals surface area contributed by atoms with Gasteiger partial charge in [0.25, 0.3) is 5.91 Å². The fourth-order valence-corrected chi connectivity index (χ4v) is 0.841. The van der Waals surface area contributed by atoms with Gasteiger partial charge in [0.05, 0.1) is 0 Å². The van der Waals surface area contributed by atoms with E-state index in [1.54, 1.807) is 24.3 Å². The van der Waals surface area contributed by atoms with Crippen molar-refractivity contribution in [1.29, 1.82) is 0 Å². The van der Waals surface area contributed by atoms with Crippen molar-refractivity contribution in [3.63, 3.8) is 0 Å². The van der Waals surface area contributed by atoms with Crippen LogP contribution < -0.4 is 11.1 Å². The predicted molar refractivity (Wildman–Crippen MR) is 51.4 cm³/mol. The standard InChI is InChI=1S/C8H8ClN3O/c9-12-8(10)11-7(13)6-4-2-1-3-5-6/h1-5H,(H3,10,11,12,13). The molecule has 13 heavy (non-hydrogen) atoms. The van der Waals surface area contributed by atoms with Gasteiger partial charge in [-0.3, -0.25) is 10.1 Å². The zero-order chi connectivity index (χ0) is 9.68. The highest BCUT2D eigenvalue weighted by atomic mass is 35.5. The summed E-state index contributed by atoms with van der Waals surface area (Å²) in [5, 5.41) is 2.30. The topological polar surface area (TPSA) is 67.5 Å². The Balaban J connectivity index is 2.70. The van der Waals surface area contributed by atoms with E-state index in [4.69, 9.17) is 17.5 Å². The number of rotatable bonds is 1. The molecule has 4 nitrogen and oxygen atoms in total. The Hall–Kier alpha value is -1.55. The number of nitrogens with one attached hydrogen (secondary N) is 1. The number of halogens is 1. The van der Waals surface area contributed by atoms with Crippen LogP contribution in [0.4, 0.5) is 0 Å². The average Bonchev–Trinajstić information content (AvgIpc) is 2.19. The summed E-state index contributed by atoms with van der Waals surface area (Å²) in [6, 6.07) is 8.65. The Bertz CT molecular complexity index is 323. The number of carbonyl (C=O) groups excluding carboxylic acids is 1. The molecule has 0 fully saturated rings. The minimum absolute atomic E-state index is 0.115. The third-order valence-corrected chi connectivity index (χ3v) is 1.55.